The molecule has 0 radical (unpaired) electrons. The number of nitrogens with one attached hydrogen (secondary N) is 1. The molecular weight excluding hydrogens is 490 g/mol. The Balaban J connectivity index is 1.49. The number of amides is 1. The number of ether oxygens (including phenoxy) is 3. The van der Waals surface area contributed by atoms with Crippen molar-refractivity contribution in [3.8, 4) is 34.3 Å². The van der Waals surface area contributed by atoms with Gasteiger partial charge in [0.25, 0.3) is 5.91 Å². The number of aryl methyl sites for hydroxylation is 1. The monoisotopic (exact) mass is 517 g/mol. The van der Waals surface area contributed by atoms with E-state index >= 15 is 0 Å². The highest BCUT2D eigenvalue weighted by molar-refractivity contribution is 7.99. The molecule has 1 aromatic heterocycles. The lowest BCUT2D eigenvalue weighted by Crippen LogP contribution is -2.20. The minimum Gasteiger partial charge on any atom is -0.493 e. The second-order valence-corrected chi connectivity index (χ2v) is 8.79. The van der Waals surface area contributed by atoms with E-state index in [0.29, 0.717) is 33.8 Å². The molecule has 0 atom stereocenters. The molecule has 9 nitrogen and oxygen atoms in total. The van der Waals surface area contributed by atoms with Crippen LogP contribution in [0.15, 0.2) is 77.0 Å². The average molecular weight is 518 g/mol. The quantitative estimate of drug-likeness (QED) is 0.188. The van der Waals surface area contributed by atoms with Gasteiger partial charge < -0.3 is 14.2 Å². The van der Waals surface area contributed by atoms with Crippen molar-refractivity contribution in [3.63, 3.8) is 0 Å². The number of carbonyl (C=O) groups is 1. The molecule has 0 aliphatic heterocycles. The molecule has 1 N–H and O–H groups in total. The highest BCUT2D eigenvalue weighted by atomic mass is 32.2. The second kappa shape index (κ2) is 12.1. The topological polar surface area (TPSA) is 99.9 Å². The maximum absolute atomic E-state index is 12.6. The number of carbonyl (C=O) groups excluding carboxylic acids is 1. The van der Waals surface area contributed by atoms with Gasteiger partial charge in [0.05, 0.1) is 33.3 Å². The molecule has 1 amide bonds. The van der Waals surface area contributed by atoms with E-state index in [2.05, 4.69) is 20.7 Å². The molecule has 0 unspecified atom stereocenters. The molecular formula is C27H27N5O4S. The van der Waals surface area contributed by atoms with Crippen molar-refractivity contribution in [2.24, 2.45) is 5.10 Å². The molecule has 37 heavy (non-hydrogen) atoms. The predicted octanol–water partition coefficient (Wildman–Crippen LogP) is 4.51. The predicted molar refractivity (Wildman–Crippen MR) is 144 cm³/mol. The first-order chi connectivity index (χ1) is 18.0. The van der Waals surface area contributed by atoms with Crippen LogP contribution in [-0.2, 0) is 4.79 Å². The lowest BCUT2D eigenvalue weighted by molar-refractivity contribution is -0.118. The molecule has 0 aliphatic rings. The lowest BCUT2D eigenvalue weighted by Gasteiger charge is -2.13. The van der Waals surface area contributed by atoms with E-state index in [0.717, 1.165) is 16.8 Å². The van der Waals surface area contributed by atoms with Crippen molar-refractivity contribution < 1.29 is 19.0 Å². The SMILES string of the molecule is COc1ccc(/C=N/NC(=O)CSc2nnc(-c3ccccc3)n2-c2ccc(C)cc2)c(OC)c1OC. The number of hydrogen-bond acceptors (Lipinski definition) is 8. The van der Waals surface area contributed by atoms with Crippen LogP contribution in [0.5, 0.6) is 17.2 Å². The van der Waals surface area contributed by atoms with Gasteiger partial charge in [-0.15, -0.1) is 10.2 Å². The number of hydrazone groups is 1. The summed E-state index contributed by atoms with van der Waals surface area (Å²) < 4.78 is 18.1. The summed E-state index contributed by atoms with van der Waals surface area (Å²) >= 11 is 1.28. The first kappa shape index (κ1) is 25.8. The van der Waals surface area contributed by atoms with Gasteiger partial charge in [-0.05, 0) is 31.2 Å². The fraction of sp³-hybridized carbons (Fsp3) is 0.185. The Morgan fingerprint density at radius 1 is 0.946 bits per heavy atom. The molecule has 4 aromatic rings. The van der Waals surface area contributed by atoms with Gasteiger partial charge in [0.1, 0.15) is 0 Å². The van der Waals surface area contributed by atoms with Crippen molar-refractivity contribution >= 4 is 23.9 Å². The Morgan fingerprint density at radius 2 is 1.68 bits per heavy atom. The minimum absolute atomic E-state index is 0.0964. The van der Waals surface area contributed by atoms with Gasteiger partial charge in [0, 0.05) is 16.8 Å². The third kappa shape index (κ3) is 5.92. The third-order valence-electron chi connectivity index (χ3n) is 5.42. The standard InChI is InChI=1S/C27H27N5O4S/c1-18-10-13-21(14-11-18)32-26(19-8-6-5-7-9-19)30-31-27(32)37-17-23(33)29-28-16-20-12-15-22(34-2)25(36-4)24(20)35-3/h5-16H,17H2,1-4H3,(H,29,33)/b28-16+. The van der Waals surface area contributed by atoms with E-state index in [9.17, 15) is 4.79 Å². The van der Waals surface area contributed by atoms with Crippen LogP contribution >= 0.6 is 11.8 Å². The third-order valence-corrected chi connectivity index (χ3v) is 6.35. The molecule has 0 aliphatic carbocycles. The Hall–Kier alpha value is -4.31. The van der Waals surface area contributed by atoms with E-state index in [4.69, 9.17) is 14.2 Å². The number of hydrogen-bond donors (Lipinski definition) is 1. The van der Waals surface area contributed by atoms with E-state index in [1.165, 1.54) is 32.2 Å². The van der Waals surface area contributed by atoms with E-state index in [1.807, 2.05) is 66.1 Å². The number of thioether (sulfide) groups is 1. The van der Waals surface area contributed by atoms with Crippen molar-refractivity contribution in [2.75, 3.05) is 27.1 Å². The van der Waals surface area contributed by atoms with Crippen LogP contribution < -0.4 is 19.6 Å². The van der Waals surface area contributed by atoms with E-state index in [1.54, 1.807) is 19.2 Å². The molecule has 1 heterocycles. The zero-order valence-electron chi connectivity index (χ0n) is 21.0. The summed E-state index contributed by atoms with van der Waals surface area (Å²) in [7, 11) is 4.60. The van der Waals surface area contributed by atoms with Crippen molar-refractivity contribution in [2.45, 2.75) is 12.1 Å². The molecule has 190 valence electrons. The smallest absolute Gasteiger partial charge is 0.250 e. The largest absolute Gasteiger partial charge is 0.493 e. The fourth-order valence-corrected chi connectivity index (χ4v) is 4.37. The number of aromatic nitrogens is 3. The summed E-state index contributed by atoms with van der Waals surface area (Å²) in [5, 5.41) is 13.5. The van der Waals surface area contributed by atoms with Crippen LogP contribution in [-0.4, -0.2) is 54.0 Å². The summed E-state index contributed by atoms with van der Waals surface area (Å²) in [6.45, 7) is 2.03. The summed E-state index contributed by atoms with van der Waals surface area (Å²) in [5.41, 5.74) is 6.17. The van der Waals surface area contributed by atoms with Gasteiger partial charge in [-0.1, -0.05) is 59.8 Å². The van der Waals surface area contributed by atoms with Crippen molar-refractivity contribution in [1.29, 1.82) is 0 Å². The van der Waals surface area contributed by atoms with E-state index < -0.39 is 0 Å². The molecule has 0 saturated heterocycles. The summed E-state index contributed by atoms with van der Waals surface area (Å²) in [6.07, 6.45) is 1.49. The summed E-state index contributed by atoms with van der Waals surface area (Å²) in [4.78, 5) is 12.6. The Bertz CT molecular complexity index is 1390. The van der Waals surface area contributed by atoms with Gasteiger partial charge in [-0.3, -0.25) is 9.36 Å². The Kier molecular flexibility index (Phi) is 8.42. The first-order valence-electron chi connectivity index (χ1n) is 11.4. The van der Waals surface area contributed by atoms with Crippen LogP contribution in [0.1, 0.15) is 11.1 Å². The van der Waals surface area contributed by atoms with Gasteiger partial charge >= 0.3 is 0 Å². The van der Waals surface area contributed by atoms with Crippen molar-refractivity contribution in [1.82, 2.24) is 20.2 Å². The highest BCUT2D eigenvalue weighted by Crippen LogP contribution is 2.39. The van der Waals surface area contributed by atoms with Crippen LogP contribution in [0.25, 0.3) is 17.1 Å². The number of nitrogens with zero attached hydrogens (tertiary/aromatic N) is 4. The maximum Gasteiger partial charge on any atom is 0.250 e. The molecule has 10 heteroatoms. The van der Waals surface area contributed by atoms with Crippen LogP contribution in [0.3, 0.4) is 0 Å². The molecule has 4 rings (SSSR count). The van der Waals surface area contributed by atoms with Gasteiger partial charge in [0.2, 0.25) is 5.75 Å². The maximum atomic E-state index is 12.6. The average Bonchev–Trinajstić information content (AvgIpc) is 3.36. The normalized spacial score (nSPS) is 10.9. The Labute approximate surface area is 219 Å². The van der Waals surface area contributed by atoms with Crippen molar-refractivity contribution in [3.05, 3.63) is 77.9 Å². The highest BCUT2D eigenvalue weighted by Gasteiger charge is 2.18. The van der Waals surface area contributed by atoms with E-state index in [-0.39, 0.29) is 11.7 Å². The summed E-state index contributed by atoms with van der Waals surface area (Å²) in [5.74, 6) is 1.93. The van der Waals surface area contributed by atoms with Gasteiger partial charge in [-0.25, -0.2) is 5.43 Å². The zero-order chi connectivity index (χ0) is 26.2. The van der Waals surface area contributed by atoms with Crippen LogP contribution in [0.2, 0.25) is 0 Å². The minimum atomic E-state index is -0.291. The fourth-order valence-electron chi connectivity index (χ4n) is 3.63. The molecule has 0 spiro atoms. The number of rotatable bonds is 10. The van der Waals surface area contributed by atoms with Gasteiger partial charge in [-0.2, -0.15) is 5.10 Å². The zero-order valence-corrected chi connectivity index (χ0v) is 21.8. The lowest BCUT2D eigenvalue weighted by atomic mass is 10.2. The molecule has 0 saturated carbocycles. The molecule has 0 bridgehead atoms. The Morgan fingerprint density at radius 3 is 2.35 bits per heavy atom. The number of methoxy groups -OCH3 is 3. The van der Waals surface area contributed by atoms with Crippen LogP contribution in [0, 0.1) is 6.92 Å². The van der Waals surface area contributed by atoms with Crippen LogP contribution in [0.4, 0.5) is 0 Å². The molecule has 0 fully saturated rings. The summed E-state index contributed by atoms with van der Waals surface area (Å²) in [6, 6.07) is 21.4. The first-order valence-corrected chi connectivity index (χ1v) is 12.4. The van der Waals surface area contributed by atoms with Gasteiger partial charge in [0.15, 0.2) is 22.5 Å². The second-order valence-electron chi connectivity index (χ2n) is 7.85. The number of benzene rings is 3. The molecule has 3 aromatic carbocycles.